The predicted octanol–water partition coefficient (Wildman–Crippen LogP) is 2.05. The molecule has 1 amide bonds. The zero-order valence-corrected chi connectivity index (χ0v) is 10.2. The van der Waals surface area contributed by atoms with Crippen molar-refractivity contribution in [3.8, 4) is 0 Å². The Kier molecular flexibility index (Phi) is 4.51. The number of methoxy groups -OCH3 is 1. The van der Waals surface area contributed by atoms with Crippen LogP contribution in [0.3, 0.4) is 0 Å². The van der Waals surface area contributed by atoms with Gasteiger partial charge in [-0.3, -0.25) is 0 Å². The summed E-state index contributed by atoms with van der Waals surface area (Å²) in [7, 11) is 1.32. The van der Waals surface area contributed by atoms with E-state index in [4.69, 9.17) is 5.21 Å². The van der Waals surface area contributed by atoms with Gasteiger partial charge in [0.2, 0.25) is 0 Å². The molecule has 0 spiro atoms. The van der Waals surface area contributed by atoms with Gasteiger partial charge in [0, 0.05) is 6.54 Å². The first-order valence-corrected chi connectivity index (χ1v) is 5.19. The number of alkyl carbamates (subject to hydrolysis) is 1. The van der Waals surface area contributed by atoms with E-state index < -0.39 is 6.09 Å². The van der Waals surface area contributed by atoms with Crippen molar-refractivity contribution in [3.05, 3.63) is 34.9 Å². The quantitative estimate of drug-likeness (QED) is 0.479. The Hall–Kier alpha value is -2.04. The van der Waals surface area contributed by atoms with Gasteiger partial charge in [-0.1, -0.05) is 17.3 Å². The van der Waals surface area contributed by atoms with Crippen LogP contribution < -0.4 is 5.32 Å². The Balaban J connectivity index is 2.87. The number of carbonyl (C=O) groups excluding carboxylic acids is 1. The average molecular weight is 236 g/mol. The summed E-state index contributed by atoms with van der Waals surface area (Å²) in [5.74, 6) is 0. The van der Waals surface area contributed by atoms with Crippen LogP contribution in [-0.4, -0.2) is 24.1 Å². The van der Waals surface area contributed by atoms with E-state index in [1.807, 2.05) is 25.1 Å². The molecule has 0 aliphatic rings. The third kappa shape index (κ3) is 3.48. The number of amides is 1. The lowest BCUT2D eigenvalue weighted by molar-refractivity contribution is 0.170. The Labute approximate surface area is 100 Å². The molecule has 0 radical (unpaired) electrons. The van der Waals surface area contributed by atoms with Crippen LogP contribution in [0.5, 0.6) is 0 Å². The SMILES string of the molecule is COC(=O)NCc1cc(/C(C)=N/O)ccc1C. The summed E-state index contributed by atoms with van der Waals surface area (Å²) < 4.78 is 4.50. The first kappa shape index (κ1) is 13.0. The van der Waals surface area contributed by atoms with E-state index in [0.29, 0.717) is 12.3 Å². The number of benzene rings is 1. The molecule has 1 aromatic rings. The molecule has 17 heavy (non-hydrogen) atoms. The third-order valence-electron chi connectivity index (χ3n) is 2.53. The maximum absolute atomic E-state index is 11.0. The number of hydrogen-bond donors (Lipinski definition) is 2. The molecule has 0 atom stereocenters. The number of rotatable bonds is 3. The molecule has 0 aromatic heterocycles. The van der Waals surface area contributed by atoms with E-state index in [1.165, 1.54) is 7.11 Å². The maximum Gasteiger partial charge on any atom is 0.407 e. The molecular weight excluding hydrogens is 220 g/mol. The van der Waals surface area contributed by atoms with E-state index >= 15 is 0 Å². The van der Waals surface area contributed by atoms with Gasteiger partial charge in [-0.25, -0.2) is 4.79 Å². The normalized spacial score (nSPS) is 11.1. The number of nitrogens with one attached hydrogen (secondary N) is 1. The van der Waals surface area contributed by atoms with Crippen LogP contribution in [0.4, 0.5) is 4.79 Å². The molecule has 5 nitrogen and oxygen atoms in total. The van der Waals surface area contributed by atoms with E-state index in [1.54, 1.807) is 6.92 Å². The van der Waals surface area contributed by atoms with Crippen molar-refractivity contribution in [1.29, 1.82) is 0 Å². The van der Waals surface area contributed by atoms with Crippen LogP contribution in [-0.2, 0) is 11.3 Å². The van der Waals surface area contributed by atoms with Gasteiger partial charge in [-0.15, -0.1) is 0 Å². The van der Waals surface area contributed by atoms with Crippen molar-refractivity contribution in [1.82, 2.24) is 5.32 Å². The molecule has 0 heterocycles. The number of hydrogen-bond acceptors (Lipinski definition) is 4. The lowest BCUT2D eigenvalue weighted by Gasteiger charge is -2.09. The van der Waals surface area contributed by atoms with Gasteiger partial charge in [0.1, 0.15) is 0 Å². The van der Waals surface area contributed by atoms with Crippen molar-refractivity contribution in [2.75, 3.05) is 7.11 Å². The third-order valence-corrected chi connectivity index (χ3v) is 2.53. The van der Waals surface area contributed by atoms with E-state index in [0.717, 1.165) is 16.7 Å². The van der Waals surface area contributed by atoms with Crippen molar-refractivity contribution in [3.63, 3.8) is 0 Å². The highest BCUT2D eigenvalue weighted by molar-refractivity contribution is 5.98. The molecule has 0 saturated heterocycles. The van der Waals surface area contributed by atoms with Crippen LogP contribution >= 0.6 is 0 Å². The number of oxime groups is 1. The minimum atomic E-state index is -0.470. The largest absolute Gasteiger partial charge is 0.453 e. The standard InChI is InChI=1S/C12H16N2O3/c1-8-4-5-10(9(2)14-16)6-11(8)7-13-12(15)17-3/h4-6,16H,7H2,1-3H3,(H,13,15)/b14-9+. The Bertz CT molecular complexity index is 441. The summed E-state index contributed by atoms with van der Waals surface area (Å²) in [5.41, 5.74) is 3.36. The highest BCUT2D eigenvalue weighted by Gasteiger charge is 2.05. The summed E-state index contributed by atoms with van der Waals surface area (Å²) in [6.07, 6.45) is -0.470. The molecule has 1 rings (SSSR count). The summed E-state index contributed by atoms with van der Waals surface area (Å²) in [6.45, 7) is 4.04. The second-order valence-corrected chi connectivity index (χ2v) is 3.67. The fourth-order valence-electron chi connectivity index (χ4n) is 1.38. The Morgan fingerprint density at radius 3 is 2.82 bits per heavy atom. The molecule has 5 heteroatoms. The molecule has 0 fully saturated rings. The summed E-state index contributed by atoms with van der Waals surface area (Å²) in [5, 5.41) is 14.5. The zero-order valence-electron chi connectivity index (χ0n) is 10.2. The van der Waals surface area contributed by atoms with E-state index in [2.05, 4.69) is 15.2 Å². The van der Waals surface area contributed by atoms with Crippen LogP contribution in [0.15, 0.2) is 23.4 Å². The summed E-state index contributed by atoms with van der Waals surface area (Å²) in [6, 6.07) is 5.66. The molecule has 2 N–H and O–H groups in total. The molecule has 0 unspecified atom stereocenters. The molecule has 0 aliphatic carbocycles. The maximum atomic E-state index is 11.0. The highest BCUT2D eigenvalue weighted by Crippen LogP contribution is 2.12. The lowest BCUT2D eigenvalue weighted by Crippen LogP contribution is -2.22. The van der Waals surface area contributed by atoms with Crippen molar-refractivity contribution < 1.29 is 14.7 Å². The topological polar surface area (TPSA) is 70.9 Å². The molecule has 0 aliphatic heterocycles. The van der Waals surface area contributed by atoms with Crippen LogP contribution in [0, 0.1) is 6.92 Å². The van der Waals surface area contributed by atoms with Crippen molar-refractivity contribution in [2.45, 2.75) is 20.4 Å². The van der Waals surface area contributed by atoms with E-state index in [-0.39, 0.29) is 0 Å². The van der Waals surface area contributed by atoms with Gasteiger partial charge in [0.25, 0.3) is 0 Å². The molecule has 1 aromatic carbocycles. The second kappa shape index (κ2) is 5.89. The minimum absolute atomic E-state index is 0.380. The first-order valence-electron chi connectivity index (χ1n) is 5.19. The van der Waals surface area contributed by atoms with Crippen LogP contribution in [0.2, 0.25) is 0 Å². The van der Waals surface area contributed by atoms with Crippen molar-refractivity contribution in [2.24, 2.45) is 5.16 Å². The van der Waals surface area contributed by atoms with Crippen LogP contribution in [0.25, 0.3) is 0 Å². The van der Waals surface area contributed by atoms with Crippen molar-refractivity contribution >= 4 is 11.8 Å². The number of aryl methyl sites for hydroxylation is 1. The number of carbonyl (C=O) groups is 1. The van der Waals surface area contributed by atoms with Gasteiger partial charge in [0.15, 0.2) is 0 Å². The van der Waals surface area contributed by atoms with E-state index in [9.17, 15) is 4.79 Å². The number of nitrogens with zero attached hydrogens (tertiary/aromatic N) is 1. The summed E-state index contributed by atoms with van der Waals surface area (Å²) >= 11 is 0. The summed E-state index contributed by atoms with van der Waals surface area (Å²) in [4.78, 5) is 11.0. The fraction of sp³-hybridized carbons (Fsp3) is 0.333. The molecular formula is C12H16N2O3. The zero-order chi connectivity index (χ0) is 12.8. The minimum Gasteiger partial charge on any atom is -0.453 e. The van der Waals surface area contributed by atoms with Gasteiger partial charge < -0.3 is 15.3 Å². The Morgan fingerprint density at radius 2 is 2.24 bits per heavy atom. The smallest absolute Gasteiger partial charge is 0.407 e. The lowest BCUT2D eigenvalue weighted by atomic mass is 10.0. The van der Waals surface area contributed by atoms with Gasteiger partial charge in [-0.05, 0) is 36.6 Å². The van der Waals surface area contributed by atoms with Gasteiger partial charge >= 0.3 is 6.09 Å². The predicted molar refractivity (Wildman–Crippen MR) is 64.4 cm³/mol. The molecule has 0 bridgehead atoms. The monoisotopic (exact) mass is 236 g/mol. The molecule has 0 saturated carbocycles. The van der Waals surface area contributed by atoms with Gasteiger partial charge in [-0.2, -0.15) is 0 Å². The van der Waals surface area contributed by atoms with Crippen LogP contribution in [0.1, 0.15) is 23.6 Å². The first-order chi connectivity index (χ1) is 8.08. The fourth-order valence-corrected chi connectivity index (χ4v) is 1.38. The number of ether oxygens (including phenoxy) is 1. The second-order valence-electron chi connectivity index (χ2n) is 3.67. The average Bonchev–Trinajstić information content (AvgIpc) is 2.36. The molecule has 92 valence electrons. The Morgan fingerprint density at radius 1 is 1.53 bits per heavy atom. The van der Waals surface area contributed by atoms with Gasteiger partial charge in [0.05, 0.1) is 12.8 Å². The highest BCUT2D eigenvalue weighted by atomic mass is 16.5.